The number of anilines is 1. The van der Waals surface area contributed by atoms with Gasteiger partial charge in [0.2, 0.25) is 0 Å². The van der Waals surface area contributed by atoms with E-state index in [1.807, 2.05) is 12.1 Å². The standard InChI is InChI=1S/C19H29N5/c1-14-6-10-21-19(11-14)23-16(3)22-18-13-24(12-15(18)2)17-5-4-8-20-9-7-17/h6,10-11,15,17,20H,3-5,7-9,12-13H2,1-2H3,(H,21,23)/b22-18-. The van der Waals surface area contributed by atoms with Gasteiger partial charge in [0.1, 0.15) is 11.6 Å². The van der Waals surface area contributed by atoms with Gasteiger partial charge in [-0.05, 0) is 57.0 Å². The van der Waals surface area contributed by atoms with Gasteiger partial charge in [0.15, 0.2) is 0 Å². The fourth-order valence-corrected chi connectivity index (χ4v) is 3.63. The Hall–Kier alpha value is -1.72. The van der Waals surface area contributed by atoms with Crippen molar-refractivity contribution < 1.29 is 0 Å². The van der Waals surface area contributed by atoms with E-state index in [0.717, 1.165) is 32.0 Å². The average molecular weight is 327 g/mol. The number of nitrogens with one attached hydrogen (secondary N) is 2. The molecule has 2 aliphatic rings. The van der Waals surface area contributed by atoms with E-state index < -0.39 is 0 Å². The quantitative estimate of drug-likeness (QED) is 0.893. The van der Waals surface area contributed by atoms with Crippen LogP contribution < -0.4 is 10.6 Å². The third kappa shape index (κ3) is 4.42. The minimum absolute atomic E-state index is 0.491. The maximum Gasteiger partial charge on any atom is 0.131 e. The number of aliphatic imine (C=N–C) groups is 1. The number of rotatable bonds is 4. The van der Waals surface area contributed by atoms with E-state index in [2.05, 4.69) is 40.9 Å². The van der Waals surface area contributed by atoms with Crippen LogP contribution >= 0.6 is 0 Å². The van der Waals surface area contributed by atoms with Crippen LogP contribution in [0, 0.1) is 12.8 Å². The third-order valence-corrected chi connectivity index (χ3v) is 4.97. The first-order valence-electron chi connectivity index (χ1n) is 9.02. The molecule has 2 fully saturated rings. The van der Waals surface area contributed by atoms with Gasteiger partial charge in [-0.1, -0.05) is 13.5 Å². The molecule has 0 spiro atoms. The van der Waals surface area contributed by atoms with Gasteiger partial charge in [0.05, 0.1) is 0 Å². The van der Waals surface area contributed by atoms with Crippen LogP contribution in [0.5, 0.6) is 0 Å². The number of hydrogen-bond donors (Lipinski definition) is 2. The summed E-state index contributed by atoms with van der Waals surface area (Å²) in [6.07, 6.45) is 5.61. The van der Waals surface area contributed by atoms with E-state index in [-0.39, 0.29) is 0 Å². The fraction of sp³-hybridized carbons (Fsp3) is 0.579. The molecule has 0 bridgehead atoms. The molecule has 0 aliphatic carbocycles. The third-order valence-electron chi connectivity index (χ3n) is 4.97. The molecule has 2 unspecified atom stereocenters. The Morgan fingerprint density at radius 2 is 2.29 bits per heavy atom. The number of aryl methyl sites for hydroxylation is 1. The van der Waals surface area contributed by atoms with Crippen LogP contribution in [0.3, 0.4) is 0 Å². The molecule has 24 heavy (non-hydrogen) atoms. The predicted molar refractivity (Wildman–Crippen MR) is 100 cm³/mol. The minimum Gasteiger partial charge on any atom is -0.325 e. The van der Waals surface area contributed by atoms with Crippen molar-refractivity contribution in [1.29, 1.82) is 0 Å². The summed E-state index contributed by atoms with van der Waals surface area (Å²) < 4.78 is 0. The number of aromatic nitrogens is 1. The van der Waals surface area contributed by atoms with E-state index in [9.17, 15) is 0 Å². The minimum atomic E-state index is 0.491. The monoisotopic (exact) mass is 327 g/mol. The van der Waals surface area contributed by atoms with E-state index in [1.54, 1.807) is 6.20 Å². The zero-order valence-electron chi connectivity index (χ0n) is 14.9. The zero-order chi connectivity index (χ0) is 16.9. The highest BCUT2D eigenvalue weighted by atomic mass is 15.2. The Bertz CT molecular complexity index is 602. The van der Waals surface area contributed by atoms with Crippen LogP contribution in [0.1, 0.15) is 31.7 Å². The van der Waals surface area contributed by atoms with Gasteiger partial charge in [-0.25, -0.2) is 9.98 Å². The summed E-state index contributed by atoms with van der Waals surface area (Å²) in [5.41, 5.74) is 2.41. The van der Waals surface area contributed by atoms with Crippen molar-refractivity contribution in [3.05, 3.63) is 36.3 Å². The summed E-state index contributed by atoms with van der Waals surface area (Å²) in [4.78, 5) is 11.7. The lowest BCUT2D eigenvalue weighted by Crippen LogP contribution is -2.34. The molecule has 3 heterocycles. The van der Waals surface area contributed by atoms with Gasteiger partial charge in [0.25, 0.3) is 0 Å². The summed E-state index contributed by atoms with van der Waals surface area (Å²) in [6, 6.07) is 4.68. The second kappa shape index (κ2) is 7.90. The van der Waals surface area contributed by atoms with Gasteiger partial charge < -0.3 is 10.6 Å². The molecule has 0 amide bonds. The van der Waals surface area contributed by atoms with Crippen LogP contribution in [0.2, 0.25) is 0 Å². The highest BCUT2D eigenvalue weighted by molar-refractivity contribution is 5.91. The molecule has 0 saturated carbocycles. The molecule has 1 aromatic rings. The fourth-order valence-electron chi connectivity index (χ4n) is 3.63. The predicted octanol–water partition coefficient (Wildman–Crippen LogP) is 2.81. The Morgan fingerprint density at radius 1 is 1.42 bits per heavy atom. The molecule has 2 saturated heterocycles. The lowest BCUT2D eigenvalue weighted by Gasteiger charge is -2.25. The highest BCUT2D eigenvalue weighted by Gasteiger charge is 2.30. The van der Waals surface area contributed by atoms with Crippen molar-refractivity contribution in [2.24, 2.45) is 10.9 Å². The van der Waals surface area contributed by atoms with Gasteiger partial charge in [-0.2, -0.15) is 0 Å². The number of pyridine rings is 1. The highest BCUT2D eigenvalue weighted by Crippen LogP contribution is 2.22. The van der Waals surface area contributed by atoms with Crippen molar-refractivity contribution in [2.75, 3.05) is 31.5 Å². The van der Waals surface area contributed by atoms with Crippen molar-refractivity contribution in [1.82, 2.24) is 15.2 Å². The average Bonchev–Trinajstić information content (AvgIpc) is 2.76. The molecular formula is C19H29N5. The van der Waals surface area contributed by atoms with Crippen LogP contribution in [0.25, 0.3) is 0 Å². The second-order valence-electron chi connectivity index (χ2n) is 7.06. The summed E-state index contributed by atoms with van der Waals surface area (Å²) in [5.74, 6) is 1.98. The summed E-state index contributed by atoms with van der Waals surface area (Å²) >= 11 is 0. The van der Waals surface area contributed by atoms with Gasteiger partial charge in [-0.15, -0.1) is 0 Å². The van der Waals surface area contributed by atoms with Crippen LogP contribution in [0.15, 0.2) is 35.7 Å². The molecule has 5 nitrogen and oxygen atoms in total. The Labute approximate surface area is 145 Å². The lowest BCUT2D eigenvalue weighted by atomic mass is 10.1. The normalized spacial score (nSPS) is 27.2. The molecule has 0 aromatic carbocycles. The second-order valence-corrected chi connectivity index (χ2v) is 7.06. The topological polar surface area (TPSA) is 52.5 Å². The van der Waals surface area contributed by atoms with Gasteiger partial charge in [-0.3, -0.25) is 4.90 Å². The zero-order valence-corrected chi connectivity index (χ0v) is 14.9. The molecular weight excluding hydrogens is 298 g/mol. The van der Waals surface area contributed by atoms with Crippen LogP contribution in [-0.4, -0.2) is 47.8 Å². The molecule has 0 radical (unpaired) electrons. The first-order valence-corrected chi connectivity index (χ1v) is 9.02. The smallest absolute Gasteiger partial charge is 0.131 e. The summed E-state index contributed by atoms with van der Waals surface area (Å²) in [6.45, 7) is 12.8. The Morgan fingerprint density at radius 3 is 3.12 bits per heavy atom. The molecule has 5 heteroatoms. The van der Waals surface area contributed by atoms with E-state index >= 15 is 0 Å². The molecule has 1 aromatic heterocycles. The lowest BCUT2D eigenvalue weighted by molar-refractivity contribution is 0.221. The number of likely N-dealkylation sites (tertiary alicyclic amines) is 1. The van der Waals surface area contributed by atoms with Gasteiger partial charge in [0, 0.05) is 37.0 Å². The molecule has 2 atom stereocenters. The first-order chi connectivity index (χ1) is 11.6. The molecule has 130 valence electrons. The van der Waals surface area contributed by atoms with E-state index in [1.165, 1.54) is 30.5 Å². The van der Waals surface area contributed by atoms with Crippen LogP contribution in [0.4, 0.5) is 5.82 Å². The largest absolute Gasteiger partial charge is 0.325 e. The molecule has 2 aliphatic heterocycles. The Kier molecular flexibility index (Phi) is 5.63. The van der Waals surface area contributed by atoms with Crippen molar-refractivity contribution >= 4 is 11.5 Å². The van der Waals surface area contributed by atoms with Crippen molar-refractivity contribution in [3.63, 3.8) is 0 Å². The molecule has 3 rings (SSSR count). The SMILES string of the molecule is C=C(/N=C1/CN(C2CCCNCC2)CC1C)Nc1cc(C)ccn1. The molecule has 2 N–H and O–H groups in total. The number of nitrogens with zero attached hydrogens (tertiary/aromatic N) is 3. The van der Waals surface area contributed by atoms with Gasteiger partial charge >= 0.3 is 0 Å². The Balaban J connectivity index is 1.61. The van der Waals surface area contributed by atoms with E-state index in [4.69, 9.17) is 4.99 Å². The maximum atomic E-state index is 4.76. The number of hydrogen-bond acceptors (Lipinski definition) is 5. The van der Waals surface area contributed by atoms with Crippen molar-refractivity contribution in [3.8, 4) is 0 Å². The summed E-state index contributed by atoms with van der Waals surface area (Å²) in [7, 11) is 0. The van der Waals surface area contributed by atoms with Crippen molar-refractivity contribution in [2.45, 2.75) is 39.2 Å². The van der Waals surface area contributed by atoms with Crippen LogP contribution in [-0.2, 0) is 0 Å². The first kappa shape index (κ1) is 17.1. The van der Waals surface area contributed by atoms with E-state index in [0.29, 0.717) is 17.8 Å². The maximum absolute atomic E-state index is 4.76. The summed E-state index contributed by atoms with van der Waals surface area (Å²) in [5, 5.41) is 6.71.